The molecule has 1 fully saturated rings. The van der Waals surface area contributed by atoms with E-state index in [1.165, 1.54) is 31.8 Å². The van der Waals surface area contributed by atoms with E-state index in [2.05, 4.69) is 28.5 Å². The van der Waals surface area contributed by atoms with Gasteiger partial charge in [0.15, 0.2) is 0 Å². The summed E-state index contributed by atoms with van der Waals surface area (Å²) in [5.41, 5.74) is 6.77. The summed E-state index contributed by atoms with van der Waals surface area (Å²) in [5.74, 6) is 0.379. The number of aromatic nitrogens is 2. The van der Waals surface area contributed by atoms with Gasteiger partial charge >= 0.3 is 0 Å². The SMILES string of the molecule is Cl.O=C(/C=C/c1ccc(Cc2nc3ccc(NC4CCCC4)cc3[nH]2)cc1)NO. The van der Waals surface area contributed by atoms with E-state index in [9.17, 15) is 4.79 Å². The number of halogens is 1. The lowest BCUT2D eigenvalue weighted by Crippen LogP contribution is -2.14. The summed E-state index contributed by atoms with van der Waals surface area (Å²) < 4.78 is 0. The fraction of sp³-hybridized carbons (Fsp3) is 0.273. The molecule has 152 valence electrons. The Balaban J connectivity index is 0.00000240. The Bertz CT molecular complexity index is 992. The predicted octanol–water partition coefficient (Wildman–Crippen LogP) is 4.45. The van der Waals surface area contributed by atoms with Crippen LogP contribution in [0.3, 0.4) is 0 Å². The average Bonchev–Trinajstić information content (AvgIpc) is 3.36. The van der Waals surface area contributed by atoms with Gasteiger partial charge in [-0.25, -0.2) is 10.5 Å². The lowest BCUT2D eigenvalue weighted by atomic mass is 10.1. The van der Waals surface area contributed by atoms with Crippen LogP contribution in [-0.4, -0.2) is 27.1 Å². The van der Waals surface area contributed by atoms with E-state index < -0.39 is 5.91 Å². The molecular formula is C22H25ClN4O2. The number of amides is 1. The van der Waals surface area contributed by atoms with Crippen molar-refractivity contribution in [2.45, 2.75) is 38.1 Å². The normalized spacial score (nSPS) is 14.2. The van der Waals surface area contributed by atoms with Gasteiger partial charge in [0, 0.05) is 24.2 Å². The lowest BCUT2D eigenvalue weighted by Gasteiger charge is -2.13. The first-order valence-corrected chi connectivity index (χ1v) is 9.66. The van der Waals surface area contributed by atoms with Gasteiger partial charge in [0.05, 0.1) is 11.0 Å². The standard InChI is InChI=1S/C22H24N4O2.ClH/c27-22(26-28)12-9-15-5-7-16(8-6-15)13-21-24-19-11-10-18(14-20(19)25-21)23-17-3-1-2-4-17;/h5-12,14,17,23,28H,1-4,13H2,(H,24,25)(H,26,27);1H/b12-9+;. The molecule has 1 amide bonds. The van der Waals surface area contributed by atoms with Crippen LogP contribution in [0.5, 0.6) is 0 Å². The van der Waals surface area contributed by atoms with Crippen molar-refractivity contribution in [3.8, 4) is 0 Å². The second-order valence-corrected chi connectivity index (χ2v) is 7.27. The molecule has 0 spiro atoms. The van der Waals surface area contributed by atoms with Crippen LogP contribution in [0.15, 0.2) is 48.5 Å². The minimum atomic E-state index is -0.548. The zero-order valence-corrected chi connectivity index (χ0v) is 16.8. The molecule has 6 nitrogen and oxygen atoms in total. The molecule has 0 radical (unpaired) electrons. The molecule has 4 rings (SSSR count). The lowest BCUT2D eigenvalue weighted by molar-refractivity contribution is -0.124. The Morgan fingerprint density at radius 3 is 2.66 bits per heavy atom. The number of aromatic amines is 1. The maximum absolute atomic E-state index is 11.0. The number of benzene rings is 2. The van der Waals surface area contributed by atoms with Gasteiger partial charge in [0.1, 0.15) is 5.82 Å². The Morgan fingerprint density at radius 2 is 1.93 bits per heavy atom. The Morgan fingerprint density at radius 1 is 1.17 bits per heavy atom. The van der Waals surface area contributed by atoms with Crippen molar-refractivity contribution >= 4 is 41.1 Å². The number of hydroxylamine groups is 1. The topological polar surface area (TPSA) is 90.0 Å². The monoisotopic (exact) mass is 412 g/mol. The number of carbonyl (C=O) groups excluding carboxylic acids is 1. The number of hydrogen-bond acceptors (Lipinski definition) is 4. The Kier molecular flexibility index (Phi) is 6.90. The zero-order chi connectivity index (χ0) is 19.3. The first-order valence-electron chi connectivity index (χ1n) is 9.66. The quantitative estimate of drug-likeness (QED) is 0.273. The summed E-state index contributed by atoms with van der Waals surface area (Å²) in [6.45, 7) is 0. The van der Waals surface area contributed by atoms with Crippen molar-refractivity contribution in [2.75, 3.05) is 5.32 Å². The maximum atomic E-state index is 11.0. The van der Waals surface area contributed by atoms with Gasteiger partial charge in [-0.05, 0) is 48.2 Å². The van der Waals surface area contributed by atoms with Crippen LogP contribution in [0.25, 0.3) is 17.1 Å². The van der Waals surface area contributed by atoms with Crippen molar-refractivity contribution in [2.24, 2.45) is 0 Å². The van der Waals surface area contributed by atoms with Crippen molar-refractivity contribution in [3.63, 3.8) is 0 Å². The number of carbonyl (C=O) groups is 1. The molecule has 0 aliphatic heterocycles. The molecule has 2 aromatic carbocycles. The van der Waals surface area contributed by atoms with Crippen LogP contribution in [0.2, 0.25) is 0 Å². The van der Waals surface area contributed by atoms with Gasteiger partial charge < -0.3 is 10.3 Å². The van der Waals surface area contributed by atoms with Gasteiger partial charge in [-0.3, -0.25) is 10.0 Å². The summed E-state index contributed by atoms with van der Waals surface area (Å²) in [7, 11) is 0. The molecule has 7 heteroatoms. The largest absolute Gasteiger partial charge is 0.382 e. The summed E-state index contributed by atoms with van der Waals surface area (Å²) in [5, 5.41) is 12.1. The van der Waals surface area contributed by atoms with Crippen LogP contribution in [-0.2, 0) is 11.2 Å². The number of anilines is 1. The molecule has 0 atom stereocenters. The van der Waals surface area contributed by atoms with Gasteiger partial charge in [-0.2, -0.15) is 0 Å². The number of fused-ring (bicyclic) bond motifs is 1. The molecule has 0 bridgehead atoms. The second kappa shape index (κ2) is 9.58. The molecule has 0 unspecified atom stereocenters. The van der Waals surface area contributed by atoms with Gasteiger partial charge in [-0.15, -0.1) is 12.4 Å². The minimum Gasteiger partial charge on any atom is -0.382 e. The van der Waals surface area contributed by atoms with Crippen LogP contribution in [0.4, 0.5) is 5.69 Å². The highest BCUT2D eigenvalue weighted by atomic mass is 35.5. The summed E-state index contributed by atoms with van der Waals surface area (Å²) in [4.78, 5) is 19.2. The number of hydrogen-bond donors (Lipinski definition) is 4. The zero-order valence-electron chi connectivity index (χ0n) is 16.0. The third-order valence-electron chi connectivity index (χ3n) is 5.15. The summed E-state index contributed by atoms with van der Waals surface area (Å²) in [6, 6.07) is 14.8. The highest BCUT2D eigenvalue weighted by Crippen LogP contribution is 2.24. The first kappa shape index (κ1) is 20.9. The maximum Gasteiger partial charge on any atom is 0.267 e. The van der Waals surface area contributed by atoms with Gasteiger partial charge in [0.2, 0.25) is 0 Å². The van der Waals surface area contributed by atoms with Gasteiger partial charge in [0.25, 0.3) is 5.91 Å². The van der Waals surface area contributed by atoms with Gasteiger partial charge in [-0.1, -0.05) is 37.1 Å². The Labute approximate surface area is 175 Å². The third-order valence-corrected chi connectivity index (χ3v) is 5.15. The number of nitrogens with zero attached hydrogens (tertiary/aromatic N) is 1. The van der Waals surface area contributed by atoms with Crippen molar-refractivity contribution < 1.29 is 10.0 Å². The predicted molar refractivity (Wildman–Crippen MR) is 117 cm³/mol. The highest BCUT2D eigenvalue weighted by Gasteiger charge is 2.14. The molecule has 3 aromatic rings. The molecule has 1 aromatic heterocycles. The fourth-order valence-electron chi connectivity index (χ4n) is 3.69. The molecule has 4 N–H and O–H groups in total. The van der Waals surface area contributed by atoms with E-state index in [-0.39, 0.29) is 12.4 Å². The fourth-order valence-corrected chi connectivity index (χ4v) is 3.69. The minimum absolute atomic E-state index is 0. The van der Waals surface area contributed by atoms with Crippen molar-refractivity contribution in [3.05, 3.63) is 65.5 Å². The van der Waals surface area contributed by atoms with E-state index in [0.717, 1.165) is 33.7 Å². The van der Waals surface area contributed by atoms with E-state index >= 15 is 0 Å². The van der Waals surface area contributed by atoms with Crippen LogP contribution in [0.1, 0.15) is 42.6 Å². The smallest absolute Gasteiger partial charge is 0.267 e. The van der Waals surface area contributed by atoms with Crippen LogP contribution in [0, 0.1) is 0 Å². The summed E-state index contributed by atoms with van der Waals surface area (Å²) in [6.07, 6.45) is 8.78. The van der Waals surface area contributed by atoms with Crippen molar-refractivity contribution in [1.82, 2.24) is 15.4 Å². The molecule has 1 aliphatic rings. The van der Waals surface area contributed by atoms with E-state index in [1.54, 1.807) is 11.6 Å². The van der Waals surface area contributed by atoms with E-state index in [1.807, 2.05) is 24.3 Å². The molecule has 1 saturated carbocycles. The Hall–Kier alpha value is -2.83. The van der Waals surface area contributed by atoms with Crippen LogP contribution >= 0.6 is 12.4 Å². The second-order valence-electron chi connectivity index (χ2n) is 7.27. The van der Waals surface area contributed by atoms with E-state index in [0.29, 0.717) is 12.5 Å². The number of H-pyrrole nitrogens is 1. The molecular weight excluding hydrogens is 388 g/mol. The molecule has 29 heavy (non-hydrogen) atoms. The summed E-state index contributed by atoms with van der Waals surface area (Å²) >= 11 is 0. The molecule has 0 saturated heterocycles. The van der Waals surface area contributed by atoms with Crippen molar-refractivity contribution in [1.29, 1.82) is 0 Å². The number of rotatable bonds is 6. The average molecular weight is 413 g/mol. The third kappa shape index (κ3) is 5.37. The molecule has 1 aliphatic carbocycles. The number of nitrogens with one attached hydrogen (secondary N) is 3. The first-order chi connectivity index (χ1) is 13.7. The van der Waals surface area contributed by atoms with E-state index in [4.69, 9.17) is 10.2 Å². The highest BCUT2D eigenvalue weighted by molar-refractivity contribution is 5.90. The number of imidazole rings is 1. The molecule has 1 heterocycles. The van der Waals surface area contributed by atoms with Crippen LogP contribution < -0.4 is 10.8 Å².